The molecule has 1 aromatic heterocycles. The van der Waals surface area contributed by atoms with Crippen molar-refractivity contribution in [2.24, 2.45) is 4.99 Å². The van der Waals surface area contributed by atoms with Gasteiger partial charge in [-0.1, -0.05) is 24.3 Å². The van der Waals surface area contributed by atoms with Gasteiger partial charge in [-0.15, -0.1) is 0 Å². The van der Waals surface area contributed by atoms with Crippen LogP contribution in [0.2, 0.25) is 0 Å². The van der Waals surface area contributed by atoms with E-state index in [9.17, 15) is 5.26 Å². The predicted molar refractivity (Wildman–Crippen MR) is 96.7 cm³/mol. The zero-order chi connectivity index (χ0) is 18.7. The summed E-state index contributed by atoms with van der Waals surface area (Å²) in [4.78, 5) is 8.68. The van der Waals surface area contributed by atoms with Gasteiger partial charge in [-0.3, -0.25) is 5.32 Å². The van der Waals surface area contributed by atoms with Gasteiger partial charge in [0.15, 0.2) is 6.19 Å². The Labute approximate surface area is 149 Å². The molecule has 0 bridgehead atoms. The first-order valence-corrected chi connectivity index (χ1v) is 7.77. The highest BCUT2D eigenvalue weighted by Crippen LogP contribution is 2.40. The Balaban J connectivity index is 2.15. The molecule has 0 amide bonds. The van der Waals surface area contributed by atoms with Crippen LogP contribution in [-0.2, 0) is 6.42 Å². The molecule has 1 atom stereocenters. The third-order valence-corrected chi connectivity index (χ3v) is 4.05. The van der Waals surface area contributed by atoms with E-state index >= 15 is 0 Å². The SMILES string of the molecule is N#CNC1=NC(c2ccc(CCO)cc2)c2c(nc(N)c(C#N)c2N)N1. The highest BCUT2D eigenvalue weighted by molar-refractivity contribution is 5.98. The lowest BCUT2D eigenvalue weighted by Crippen LogP contribution is -2.32. The number of nitrogens with two attached hydrogens (primary N) is 2. The van der Waals surface area contributed by atoms with Crippen molar-refractivity contribution in [3.05, 3.63) is 46.5 Å². The molecular weight excluding hydrogens is 332 g/mol. The minimum atomic E-state index is -0.564. The monoisotopic (exact) mass is 348 g/mol. The summed E-state index contributed by atoms with van der Waals surface area (Å²) < 4.78 is 0. The maximum atomic E-state index is 9.30. The molecule has 1 aliphatic rings. The molecule has 130 valence electrons. The first-order chi connectivity index (χ1) is 12.6. The minimum absolute atomic E-state index is 0.00602. The Bertz CT molecular complexity index is 953. The Morgan fingerprint density at radius 1 is 1.23 bits per heavy atom. The van der Waals surface area contributed by atoms with Crippen LogP contribution in [0, 0.1) is 22.8 Å². The van der Waals surface area contributed by atoms with Crippen molar-refractivity contribution in [2.75, 3.05) is 23.4 Å². The maximum absolute atomic E-state index is 9.30. The molecule has 7 N–H and O–H groups in total. The zero-order valence-electron chi connectivity index (χ0n) is 13.7. The van der Waals surface area contributed by atoms with Gasteiger partial charge in [0.1, 0.15) is 29.3 Å². The van der Waals surface area contributed by atoms with Crippen LogP contribution in [0.3, 0.4) is 0 Å². The second kappa shape index (κ2) is 6.97. The Kier molecular flexibility index (Phi) is 4.56. The highest BCUT2D eigenvalue weighted by Gasteiger charge is 2.29. The van der Waals surface area contributed by atoms with Crippen LogP contribution in [0.15, 0.2) is 29.3 Å². The molecule has 0 radical (unpaired) electrons. The van der Waals surface area contributed by atoms with Gasteiger partial charge in [0.25, 0.3) is 0 Å². The second-order valence-corrected chi connectivity index (χ2v) is 5.62. The minimum Gasteiger partial charge on any atom is -0.397 e. The normalized spacial score (nSPS) is 15.0. The van der Waals surface area contributed by atoms with Crippen molar-refractivity contribution in [3.8, 4) is 12.3 Å². The Hall–Kier alpha value is -3.82. The molecule has 1 unspecified atom stereocenters. The number of nitrogens with zero attached hydrogens (tertiary/aromatic N) is 4. The van der Waals surface area contributed by atoms with Gasteiger partial charge < -0.3 is 21.9 Å². The van der Waals surface area contributed by atoms with Crippen LogP contribution in [0.5, 0.6) is 0 Å². The van der Waals surface area contributed by atoms with Crippen LogP contribution >= 0.6 is 0 Å². The number of aliphatic imine (C=N–C) groups is 1. The number of hydrogen-bond acceptors (Lipinski definition) is 9. The van der Waals surface area contributed by atoms with E-state index in [1.807, 2.05) is 30.3 Å². The number of fused-ring (bicyclic) bond motifs is 1. The summed E-state index contributed by atoms with van der Waals surface area (Å²) in [5.74, 6) is 0.558. The smallest absolute Gasteiger partial charge is 0.211 e. The van der Waals surface area contributed by atoms with Crippen molar-refractivity contribution in [2.45, 2.75) is 12.5 Å². The fourth-order valence-corrected chi connectivity index (χ4v) is 2.82. The van der Waals surface area contributed by atoms with Crippen molar-refractivity contribution in [3.63, 3.8) is 0 Å². The van der Waals surface area contributed by atoms with Crippen LogP contribution in [0.1, 0.15) is 28.3 Å². The standard InChI is InChI=1S/C17H16N8O/c18-7-11-13(20)12-14(10-3-1-9(2-4-10)5-6-26)23-17(22-8-19)25-16(12)24-15(11)21/h1-4,14,26H,5-6H2,(H6,20,21,22,23,24,25). The number of nitrogen functional groups attached to an aromatic ring is 2. The van der Waals surface area contributed by atoms with E-state index in [-0.39, 0.29) is 29.6 Å². The molecule has 1 aliphatic heterocycles. The number of nitrogens with one attached hydrogen (secondary N) is 2. The average Bonchev–Trinajstić information content (AvgIpc) is 2.62. The van der Waals surface area contributed by atoms with Crippen molar-refractivity contribution >= 4 is 23.3 Å². The number of pyridine rings is 1. The second-order valence-electron chi connectivity index (χ2n) is 5.62. The quantitative estimate of drug-likeness (QED) is 0.396. The molecule has 2 heterocycles. The lowest BCUT2D eigenvalue weighted by molar-refractivity contribution is 0.299. The van der Waals surface area contributed by atoms with Gasteiger partial charge in [0.05, 0.1) is 5.69 Å². The Morgan fingerprint density at radius 2 is 1.96 bits per heavy atom. The molecule has 9 heteroatoms. The zero-order valence-corrected chi connectivity index (χ0v) is 13.7. The number of anilines is 3. The van der Waals surface area contributed by atoms with Gasteiger partial charge in [-0.05, 0) is 17.5 Å². The summed E-state index contributed by atoms with van der Waals surface area (Å²) in [5, 5.41) is 32.6. The van der Waals surface area contributed by atoms with Gasteiger partial charge >= 0.3 is 0 Å². The molecule has 0 saturated carbocycles. The molecule has 0 aliphatic carbocycles. The lowest BCUT2D eigenvalue weighted by atomic mass is 9.94. The molecule has 0 saturated heterocycles. The van der Waals surface area contributed by atoms with E-state index in [2.05, 4.69) is 20.6 Å². The van der Waals surface area contributed by atoms with Crippen molar-refractivity contribution in [1.82, 2.24) is 10.3 Å². The summed E-state index contributed by atoms with van der Waals surface area (Å²) in [6.45, 7) is 0.0611. The summed E-state index contributed by atoms with van der Waals surface area (Å²) in [5.41, 5.74) is 14.6. The van der Waals surface area contributed by atoms with Gasteiger partial charge in [-0.2, -0.15) is 10.5 Å². The fraction of sp³-hybridized carbons (Fsp3) is 0.176. The Morgan fingerprint density at radius 3 is 2.58 bits per heavy atom. The molecule has 3 rings (SSSR count). The summed E-state index contributed by atoms with van der Waals surface area (Å²) >= 11 is 0. The first-order valence-electron chi connectivity index (χ1n) is 7.77. The number of nitriles is 2. The summed E-state index contributed by atoms with van der Waals surface area (Å²) in [6, 6.07) is 8.88. The predicted octanol–water partition coefficient (Wildman–Crippen LogP) is 0.594. The average molecular weight is 348 g/mol. The van der Waals surface area contributed by atoms with E-state index in [4.69, 9.17) is 21.8 Å². The van der Waals surface area contributed by atoms with E-state index in [0.717, 1.165) is 11.1 Å². The number of guanidine groups is 1. The van der Waals surface area contributed by atoms with E-state index in [1.165, 1.54) is 0 Å². The first kappa shape index (κ1) is 17.0. The van der Waals surface area contributed by atoms with Crippen LogP contribution in [-0.4, -0.2) is 22.7 Å². The number of hydrogen-bond donors (Lipinski definition) is 5. The number of benzene rings is 1. The summed E-state index contributed by atoms with van der Waals surface area (Å²) in [6.07, 6.45) is 2.35. The van der Waals surface area contributed by atoms with Crippen molar-refractivity contribution < 1.29 is 5.11 Å². The van der Waals surface area contributed by atoms with E-state index < -0.39 is 6.04 Å². The maximum Gasteiger partial charge on any atom is 0.211 e. The van der Waals surface area contributed by atoms with Gasteiger partial charge in [0.2, 0.25) is 5.96 Å². The number of aliphatic hydroxyl groups excluding tert-OH is 1. The fourth-order valence-electron chi connectivity index (χ4n) is 2.82. The molecule has 1 aromatic carbocycles. The topological polar surface area (TPSA) is 169 Å². The molecule has 26 heavy (non-hydrogen) atoms. The van der Waals surface area contributed by atoms with E-state index in [0.29, 0.717) is 17.8 Å². The summed E-state index contributed by atoms with van der Waals surface area (Å²) in [7, 11) is 0. The largest absolute Gasteiger partial charge is 0.397 e. The third-order valence-electron chi connectivity index (χ3n) is 4.05. The van der Waals surface area contributed by atoms with Crippen molar-refractivity contribution in [1.29, 1.82) is 10.5 Å². The van der Waals surface area contributed by atoms with Gasteiger partial charge in [0, 0.05) is 12.2 Å². The number of aliphatic hydroxyl groups is 1. The van der Waals surface area contributed by atoms with Gasteiger partial charge in [-0.25, -0.2) is 9.98 Å². The lowest BCUT2D eigenvalue weighted by Gasteiger charge is -2.26. The third kappa shape index (κ3) is 2.95. The molecule has 9 nitrogen and oxygen atoms in total. The highest BCUT2D eigenvalue weighted by atomic mass is 16.2. The molecule has 0 spiro atoms. The van der Waals surface area contributed by atoms with E-state index in [1.54, 1.807) is 6.19 Å². The molecular formula is C17H16N8O. The van der Waals surface area contributed by atoms with Crippen LogP contribution in [0.25, 0.3) is 0 Å². The molecule has 2 aromatic rings. The number of aromatic nitrogens is 1. The van der Waals surface area contributed by atoms with Crippen LogP contribution < -0.4 is 22.1 Å². The molecule has 0 fully saturated rings. The van der Waals surface area contributed by atoms with Crippen LogP contribution in [0.4, 0.5) is 17.3 Å². The number of rotatable bonds is 3.